The number of nitrogens with zero attached hydrogens (tertiary/aromatic N) is 2. The Morgan fingerprint density at radius 3 is 2.85 bits per heavy atom. The molecule has 2 aromatic rings. The highest BCUT2D eigenvalue weighted by Gasteiger charge is 2.17. The summed E-state index contributed by atoms with van der Waals surface area (Å²) in [5, 5.41) is 0.454. The standard InChI is InChI=1S/C14H17N3O2S/c1-9(20-3)14(19)17(2)8-12-15-11-7-5-4-6-10(11)13(18)16-12/h4-7,9H,8H2,1-3H3,(H,15,16,18)/t9-/m0/s1. The van der Waals surface area contributed by atoms with E-state index in [4.69, 9.17) is 0 Å². The van der Waals surface area contributed by atoms with Crippen molar-refractivity contribution >= 4 is 28.6 Å². The highest BCUT2D eigenvalue weighted by atomic mass is 32.2. The van der Waals surface area contributed by atoms with Crippen molar-refractivity contribution in [3.8, 4) is 0 Å². The van der Waals surface area contributed by atoms with Gasteiger partial charge in [0.15, 0.2) is 0 Å². The molecule has 0 aliphatic carbocycles. The normalized spacial score (nSPS) is 12.3. The maximum Gasteiger partial charge on any atom is 0.258 e. The molecular formula is C14H17N3O2S. The van der Waals surface area contributed by atoms with Gasteiger partial charge in [-0.05, 0) is 25.3 Å². The zero-order valence-electron chi connectivity index (χ0n) is 11.7. The molecule has 0 saturated heterocycles. The lowest BCUT2D eigenvalue weighted by molar-refractivity contribution is -0.129. The van der Waals surface area contributed by atoms with Gasteiger partial charge in [0.05, 0.1) is 22.7 Å². The Hall–Kier alpha value is -1.82. The second-order valence-electron chi connectivity index (χ2n) is 4.60. The summed E-state index contributed by atoms with van der Waals surface area (Å²) in [5.74, 6) is 0.520. The van der Waals surface area contributed by atoms with Gasteiger partial charge < -0.3 is 9.88 Å². The molecule has 5 nitrogen and oxygen atoms in total. The summed E-state index contributed by atoms with van der Waals surface area (Å²) in [6.45, 7) is 2.16. The second kappa shape index (κ2) is 6.09. The molecule has 1 atom stereocenters. The smallest absolute Gasteiger partial charge is 0.258 e. The summed E-state index contributed by atoms with van der Waals surface area (Å²) in [7, 11) is 1.71. The fraction of sp³-hybridized carbons (Fsp3) is 0.357. The van der Waals surface area contributed by atoms with Gasteiger partial charge in [-0.3, -0.25) is 9.59 Å². The monoisotopic (exact) mass is 291 g/mol. The molecule has 1 N–H and O–H groups in total. The lowest BCUT2D eigenvalue weighted by Gasteiger charge is -2.19. The predicted molar refractivity (Wildman–Crippen MR) is 81.8 cm³/mol. The molecule has 20 heavy (non-hydrogen) atoms. The summed E-state index contributed by atoms with van der Waals surface area (Å²) in [4.78, 5) is 32.6. The Bertz CT molecular complexity index is 683. The van der Waals surface area contributed by atoms with Crippen molar-refractivity contribution in [1.82, 2.24) is 14.9 Å². The van der Waals surface area contributed by atoms with Gasteiger partial charge in [0, 0.05) is 7.05 Å². The minimum absolute atomic E-state index is 0.0216. The number of carbonyl (C=O) groups excluding carboxylic acids is 1. The van der Waals surface area contributed by atoms with E-state index in [9.17, 15) is 9.59 Å². The van der Waals surface area contributed by atoms with Crippen LogP contribution in [-0.4, -0.2) is 39.3 Å². The molecule has 1 aromatic carbocycles. The molecular weight excluding hydrogens is 274 g/mol. The summed E-state index contributed by atoms with van der Waals surface area (Å²) < 4.78 is 0. The molecule has 0 aliphatic rings. The molecule has 0 spiro atoms. The number of para-hydroxylation sites is 1. The second-order valence-corrected chi connectivity index (χ2v) is 5.78. The minimum atomic E-state index is -0.177. The van der Waals surface area contributed by atoms with E-state index in [1.165, 1.54) is 11.8 Å². The number of fused-ring (bicyclic) bond motifs is 1. The van der Waals surface area contributed by atoms with E-state index >= 15 is 0 Å². The number of rotatable bonds is 4. The zero-order valence-corrected chi connectivity index (χ0v) is 12.5. The Labute approximate surface area is 121 Å². The molecule has 1 heterocycles. The fourth-order valence-corrected chi connectivity index (χ4v) is 2.31. The molecule has 1 amide bonds. The number of benzene rings is 1. The van der Waals surface area contributed by atoms with Crippen LogP contribution in [0, 0.1) is 0 Å². The van der Waals surface area contributed by atoms with Crippen LogP contribution < -0.4 is 5.56 Å². The SMILES string of the molecule is CS[C@@H](C)C(=O)N(C)Cc1nc2ccccc2c(=O)[nH]1. The molecule has 0 radical (unpaired) electrons. The summed E-state index contributed by atoms with van der Waals surface area (Å²) in [5.41, 5.74) is 0.467. The quantitative estimate of drug-likeness (QED) is 0.930. The molecule has 2 rings (SSSR count). The van der Waals surface area contributed by atoms with E-state index in [1.807, 2.05) is 19.2 Å². The average Bonchev–Trinajstić information content (AvgIpc) is 2.45. The molecule has 6 heteroatoms. The van der Waals surface area contributed by atoms with Crippen molar-refractivity contribution in [1.29, 1.82) is 0 Å². The fourth-order valence-electron chi connectivity index (χ4n) is 1.92. The number of hydrogen-bond donors (Lipinski definition) is 1. The topological polar surface area (TPSA) is 66.1 Å². The molecule has 0 aliphatic heterocycles. The number of amides is 1. The van der Waals surface area contributed by atoms with Crippen LogP contribution in [0.1, 0.15) is 12.7 Å². The Morgan fingerprint density at radius 2 is 2.15 bits per heavy atom. The Kier molecular flexibility index (Phi) is 4.44. The van der Waals surface area contributed by atoms with E-state index < -0.39 is 0 Å². The third-order valence-electron chi connectivity index (χ3n) is 3.13. The lowest BCUT2D eigenvalue weighted by Crippen LogP contribution is -2.33. The predicted octanol–water partition coefficient (Wildman–Crippen LogP) is 1.63. The molecule has 0 unspecified atom stereocenters. The number of hydrogen-bond acceptors (Lipinski definition) is 4. The van der Waals surface area contributed by atoms with Gasteiger partial charge >= 0.3 is 0 Å². The largest absolute Gasteiger partial charge is 0.337 e. The maximum atomic E-state index is 12.0. The summed E-state index contributed by atoms with van der Waals surface area (Å²) in [6.07, 6.45) is 1.90. The van der Waals surface area contributed by atoms with Crippen molar-refractivity contribution in [3.63, 3.8) is 0 Å². The van der Waals surface area contributed by atoms with Gasteiger partial charge in [-0.2, -0.15) is 11.8 Å². The van der Waals surface area contributed by atoms with Crippen LogP contribution in [0.15, 0.2) is 29.1 Å². The van der Waals surface area contributed by atoms with Crippen LogP contribution in [0.5, 0.6) is 0 Å². The third-order valence-corrected chi connectivity index (χ3v) is 4.04. The Morgan fingerprint density at radius 1 is 1.45 bits per heavy atom. The highest BCUT2D eigenvalue weighted by molar-refractivity contribution is 7.99. The van der Waals surface area contributed by atoms with Gasteiger partial charge in [0.1, 0.15) is 5.82 Å². The number of thioether (sulfide) groups is 1. The average molecular weight is 291 g/mol. The van der Waals surface area contributed by atoms with E-state index in [2.05, 4.69) is 9.97 Å². The number of H-pyrrole nitrogens is 1. The maximum absolute atomic E-state index is 12.0. The van der Waals surface area contributed by atoms with E-state index in [-0.39, 0.29) is 16.7 Å². The van der Waals surface area contributed by atoms with Crippen LogP contribution >= 0.6 is 11.8 Å². The first-order valence-corrected chi connectivity index (χ1v) is 7.57. The first-order chi connectivity index (χ1) is 9.52. The molecule has 0 fully saturated rings. The van der Waals surface area contributed by atoms with Crippen molar-refractivity contribution in [3.05, 3.63) is 40.4 Å². The van der Waals surface area contributed by atoms with Gasteiger partial charge in [-0.15, -0.1) is 0 Å². The van der Waals surface area contributed by atoms with Crippen molar-refractivity contribution < 1.29 is 4.79 Å². The van der Waals surface area contributed by atoms with Gasteiger partial charge in [0.2, 0.25) is 5.91 Å². The van der Waals surface area contributed by atoms with Crippen LogP contribution in [0.3, 0.4) is 0 Å². The molecule has 1 aromatic heterocycles. The summed E-state index contributed by atoms with van der Waals surface area (Å²) >= 11 is 1.49. The number of nitrogens with one attached hydrogen (secondary N) is 1. The lowest BCUT2D eigenvalue weighted by atomic mass is 10.2. The number of aromatic nitrogens is 2. The summed E-state index contributed by atoms with van der Waals surface area (Å²) in [6, 6.07) is 7.16. The van der Waals surface area contributed by atoms with Gasteiger partial charge in [-0.25, -0.2) is 4.98 Å². The first kappa shape index (κ1) is 14.6. The van der Waals surface area contributed by atoms with Crippen LogP contribution in [-0.2, 0) is 11.3 Å². The number of carbonyl (C=O) groups is 1. The third kappa shape index (κ3) is 3.01. The van der Waals surface area contributed by atoms with Gasteiger partial charge in [0.25, 0.3) is 5.56 Å². The molecule has 0 saturated carbocycles. The van der Waals surface area contributed by atoms with Gasteiger partial charge in [-0.1, -0.05) is 12.1 Å². The van der Waals surface area contributed by atoms with Crippen LogP contribution in [0.2, 0.25) is 0 Å². The molecule has 106 valence electrons. The Balaban J connectivity index is 2.26. The first-order valence-electron chi connectivity index (χ1n) is 6.28. The highest BCUT2D eigenvalue weighted by Crippen LogP contribution is 2.11. The zero-order chi connectivity index (χ0) is 14.7. The van der Waals surface area contributed by atoms with Crippen molar-refractivity contribution in [2.75, 3.05) is 13.3 Å². The van der Waals surface area contributed by atoms with E-state index in [0.717, 1.165) is 0 Å². The van der Waals surface area contributed by atoms with Crippen molar-refractivity contribution in [2.45, 2.75) is 18.7 Å². The van der Waals surface area contributed by atoms with Crippen LogP contribution in [0.25, 0.3) is 10.9 Å². The van der Waals surface area contributed by atoms with Crippen molar-refractivity contribution in [2.24, 2.45) is 0 Å². The number of aromatic amines is 1. The van der Waals surface area contributed by atoms with E-state index in [0.29, 0.717) is 23.3 Å². The minimum Gasteiger partial charge on any atom is -0.337 e. The van der Waals surface area contributed by atoms with Crippen LogP contribution in [0.4, 0.5) is 0 Å². The molecule has 0 bridgehead atoms. The van der Waals surface area contributed by atoms with E-state index in [1.54, 1.807) is 30.1 Å².